The third kappa shape index (κ3) is 7.62. The van der Waals surface area contributed by atoms with E-state index < -0.39 is 8.07 Å². The van der Waals surface area contributed by atoms with E-state index in [9.17, 15) is 0 Å². The van der Waals surface area contributed by atoms with Gasteiger partial charge in [0.2, 0.25) is 0 Å². The fraction of sp³-hybridized carbons (Fsp3) is 0.208. The van der Waals surface area contributed by atoms with Crippen molar-refractivity contribution in [1.29, 1.82) is 0 Å². The van der Waals surface area contributed by atoms with Crippen molar-refractivity contribution in [3.63, 3.8) is 0 Å². The molecule has 0 fully saturated rings. The van der Waals surface area contributed by atoms with Gasteiger partial charge in [-0.3, -0.25) is 4.98 Å². The Bertz CT molecular complexity index is 2750. The Morgan fingerprint density at radius 3 is 2.27 bits per heavy atom. The molecule has 0 aliphatic carbocycles. The molecule has 0 amide bonds. The fourth-order valence-corrected chi connectivity index (χ4v) is 8.90. The maximum absolute atomic E-state index is 6.19. The first-order chi connectivity index (χ1) is 26.0. The molecule has 5 aromatic carbocycles. The summed E-state index contributed by atoms with van der Waals surface area (Å²) in [6, 6.07) is 42.6. The summed E-state index contributed by atoms with van der Waals surface area (Å²) >= 11 is 0. The number of hydrogen-bond acceptors (Lipinski definition) is 4. The van der Waals surface area contributed by atoms with Gasteiger partial charge in [0, 0.05) is 60.7 Å². The van der Waals surface area contributed by atoms with E-state index in [-0.39, 0.29) is 20.1 Å². The zero-order valence-electron chi connectivity index (χ0n) is 32.4. The zero-order valence-corrected chi connectivity index (χ0v) is 35.8. The van der Waals surface area contributed by atoms with Gasteiger partial charge in [0.05, 0.1) is 24.9 Å². The number of nitrogens with zero attached hydrogens (tertiary/aromatic N) is 3. The Morgan fingerprint density at radius 2 is 1.51 bits per heavy atom. The second-order valence-electron chi connectivity index (χ2n) is 15.9. The summed E-state index contributed by atoms with van der Waals surface area (Å²) in [6.45, 7) is 16.1. The van der Waals surface area contributed by atoms with Crippen molar-refractivity contribution < 1.29 is 28.9 Å². The minimum absolute atomic E-state index is 0. The summed E-state index contributed by atoms with van der Waals surface area (Å²) in [5.41, 5.74) is 11.2. The van der Waals surface area contributed by atoms with E-state index in [1.165, 1.54) is 16.3 Å². The molecule has 9 rings (SSSR count). The molecule has 9 aromatic rings. The molecule has 0 atom stereocenters. The maximum atomic E-state index is 6.19. The molecule has 0 spiro atoms. The van der Waals surface area contributed by atoms with Crippen molar-refractivity contribution in [3.8, 4) is 28.3 Å². The van der Waals surface area contributed by atoms with Gasteiger partial charge >= 0.3 is 0 Å². The largest absolute Gasteiger partial charge is 0.557 e. The molecule has 0 aliphatic rings. The second kappa shape index (κ2) is 15.6. The average molecular weight is 916 g/mol. The second-order valence-corrected chi connectivity index (χ2v) is 20.9. The number of pyridine rings is 1. The van der Waals surface area contributed by atoms with Crippen LogP contribution in [0.3, 0.4) is 0 Å². The molecule has 0 saturated heterocycles. The van der Waals surface area contributed by atoms with Gasteiger partial charge in [-0.25, -0.2) is 0 Å². The SMILES string of the molecule is CC(C)Cc1cc(-c2[c-]cccc2)ncc1[Si](C)(C)C.CC(C)c1ccc2o[c-]c(-c3nc4ccccc4n3-c3ccc4c(c3)oc3ccccc34)c2c1.[Ir]. The molecule has 0 bridgehead atoms. The van der Waals surface area contributed by atoms with Crippen LogP contribution in [0.2, 0.25) is 19.6 Å². The zero-order chi connectivity index (χ0) is 37.6. The minimum Gasteiger partial charge on any atom is -0.557 e. The number of rotatable bonds is 7. The molecule has 0 saturated carbocycles. The third-order valence-electron chi connectivity index (χ3n) is 10.0. The smallest absolute Gasteiger partial charge is 0.137 e. The predicted octanol–water partition coefficient (Wildman–Crippen LogP) is 12.6. The molecular formula is C48H45IrN3O2Si-2. The molecule has 7 heteroatoms. The van der Waals surface area contributed by atoms with Crippen LogP contribution in [-0.2, 0) is 26.5 Å². The van der Waals surface area contributed by atoms with Crippen molar-refractivity contribution in [3.05, 3.63) is 145 Å². The average Bonchev–Trinajstić information content (AvgIpc) is 3.87. The van der Waals surface area contributed by atoms with Gasteiger partial charge in [0.1, 0.15) is 11.2 Å². The van der Waals surface area contributed by atoms with E-state index in [0.717, 1.165) is 78.7 Å². The molecule has 1 radical (unpaired) electrons. The monoisotopic (exact) mass is 916 g/mol. The summed E-state index contributed by atoms with van der Waals surface area (Å²) in [4.78, 5) is 9.71. The number of para-hydroxylation sites is 3. The number of hydrogen-bond donors (Lipinski definition) is 0. The van der Waals surface area contributed by atoms with Crippen molar-refractivity contribution in [2.75, 3.05) is 0 Å². The molecule has 4 heterocycles. The summed E-state index contributed by atoms with van der Waals surface area (Å²) in [7, 11) is -1.34. The van der Waals surface area contributed by atoms with Crippen molar-refractivity contribution >= 4 is 57.2 Å². The van der Waals surface area contributed by atoms with E-state index in [1.807, 2.05) is 60.7 Å². The predicted molar refractivity (Wildman–Crippen MR) is 227 cm³/mol. The van der Waals surface area contributed by atoms with Gasteiger partial charge in [-0.1, -0.05) is 124 Å². The van der Waals surface area contributed by atoms with Crippen molar-refractivity contribution in [2.45, 2.75) is 59.7 Å². The molecule has 5 nitrogen and oxygen atoms in total. The summed E-state index contributed by atoms with van der Waals surface area (Å²) < 4.78 is 14.2. The molecular weight excluding hydrogens is 871 g/mol. The Labute approximate surface area is 337 Å². The van der Waals surface area contributed by atoms with Gasteiger partial charge in [0.25, 0.3) is 0 Å². The number of fused-ring (bicyclic) bond motifs is 5. The van der Waals surface area contributed by atoms with E-state index in [2.05, 4.69) is 130 Å². The number of furan rings is 2. The number of imidazole rings is 1. The number of benzene rings is 5. The Balaban J connectivity index is 0.000000191. The van der Waals surface area contributed by atoms with Crippen LogP contribution >= 0.6 is 0 Å². The molecule has 55 heavy (non-hydrogen) atoms. The van der Waals surface area contributed by atoms with Crippen LogP contribution < -0.4 is 5.19 Å². The summed E-state index contributed by atoms with van der Waals surface area (Å²) in [6.07, 6.45) is 6.38. The number of aromatic nitrogens is 3. The van der Waals surface area contributed by atoms with Crippen LogP contribution in [0, 0.1) is 18.2 Å². The third-order valence-corrected chi connectivity index (χ3v) is 12.1. The quantitative estimate of drug-likeness (QED) is 0.118. The van der Waals surface area contributed by atoms with Crippen LogP contribution in [0.25, 0.3) is 72.3 Å². The topological polar surface area (TPSA) is 57.0 Å². The van der Waals surface area contributed by atoms with Gasteiger partial charge in [-0.2, -0.15) is 0 Å². The molecule has 279 valence electrons. The van der Waals surface area contributed by atoms with E-state index in [0.29, 0.717) is 11.8 Å². The van der Waals surface area contributed by atoms with E-state index in [4.69, 9.17) is 13.8 Å². The van der Waals surface area contributed by atoms with Gasteiger partial charge in [-0.15, -0.1) is 35.9 Å². The maximum Gasteiger partial charge on any atom is 0.137 e. The summed E-state index contributed by atoms with van der Waals surface area (Å²) in [5, 5.41) is 4.74. The first-order valence-corrected chi connectivity index (χ1v) is 22.4. The van der Waals surface area contributed by atoms with Gasteiger partial charge in [0.15, 0.2) is 0 Å². The van der Waals surface area contributed by atoms with Gasteiger partial charge in [-0.05, 0) is 59.5 Å². The minimum atomic E-state index is -1.34. The van der Waals surface area contributed by atoms with Gasteiger partial charge < -0.3 is 18.4 Å². The Hall–Kier alpha value is -5.07. The van der Waals surface area contributed by atoms with Crippen LogP contribution in [0.5, 0.6) is 0 Å². The Kier molecular flexibility index (Phi) is 10.8. The summed E-state index contributed by atoms with van der Waals surface area (Å²) in [5.74, 6) is 1.89. The fourth-order valence-electron chi connectivity index (χ4n) is 7.31. The molecule has 0 unspecified atom stereocenters. The van der Waals surface area contributed by atoms with Crippen LogP contribution in [0.4, 0.5) is 0 Å². The molecule has 0 N–H and O–H groups in total. The Morgan fingerprint density at radius 1 is 0.745 bits per heavy atom. The van der Waals surface area contributed by atoms with Crippen molar-refractivity contribution in [2.24, 2.45) is 5.92 Å². The van der Waals surface area contributed by atoms with Crippen LogP contribution in [-0.4, -0.2) is 22.6 Å². The van der Waals surface area contributed by atoms with Crippen molar-refractivity contribution in [1.82, 2.24) is 14.5 Å². The normalized spacial score (nSPS) is 11.8. The molecule has 0 aliphatic heterocycles. The molecule has 4 aromatic heterocycles. The van der Waals surface area contributed by atoms with E-state index >= 15 is 0 Å². The standard InChI is InChI=1S/C30H21N2O2.C18H24NSi.Ir/c1-18(2)19-11-14-27-23(15-19)24(17-33-27)30-31-25-8-4-5-9-26(25)32(30)20-12-13-22-21-7-3-6-10-28(21)34-29(22)16-20;1-14(2)11-16-12-17(15-9-7-6-8-10-15)19-13-18(16)20(3,4)5;/h3-16,18H,1-2H3;6-9,12-14H,11H2,1-5H3;/q2*-1;. The van der Waals surface area contributed by atoms with Crippen LogP contribution in [0.1, 0.15) is 44.7 Å². The van der Waals surface area contributed by atoms with Crippen LogP contribution in [0.15, 0.2) is 130 Å². The first-order valence-electron chi connectivity index (χ1n) is 18.9. The van der Waals surface area contributed by atoms with E-state index in [1.54, 1.807) is 0 Å². The first kappa shape index (κ1) is 38.2.